The van der Waals surface area contributed by atoms with Gasteiger partial charge in [0.2, 0.25) is 0 Å². The van der Waals surface area contributed by atoms with Crippen LogP contribution in [0.5, 0.6) is 23.0 Å². The van der Waals surface area contributed by atoms with Crippen molar-refractivity contribution in [1.82, 2.24) is 0 Å². The number of fused-ring (bicyclic) bond motifs is 2. The van der Waals surface area contributed by atoms with E-state index in [1.165, 1.54) is 0 Å². The number of benzene rings is 3. The molecule has 0 aliphatic rings. The quantitative estimate of drug-likeness (QED) is 0.373. The second-order valence-electron chi connectivity index (χ2n) is 7.13. The first-order chi connectivity index (χ1) is 14.1. The van der Waals surface area contributed by atoms with Crippen molar-refractivity contribution >= 4 is 21.5 Å². The molecule has 5 heteroatoms. The van der Waals surface area contributed by atoms with Gasteiger partial charge in [-0.1, -0.05) is 26.2 Å². The minimum Gasteiger partial charge on any atom is -0.496 e. The Balaban J connectivity index is 2.30. The summed E-state index contributed by atoms with van der Waals surface area (Å²) in [4.78, 5) is 0. The molecule has 0 heterocycles. The number of hydrogen-bond donors (Lipinski definition) is 1. The lowest BCUT2D eigenvalue weighted by Crippen LogP contribution is -2.03. The van der Waals surface area contributed by atoms with E-state index in [0.717, 1.165) is 57.9 Å². The van der Waals surface area contributed by atoms with Gasteiger partial charge < -0.3 is 24.1 Å². The van der Waals surface area contributed by atoms with Gasteiger partial charge in [-0.2, -0.15) is 0 Å². The Labute approximate surface area is 172 Å². The number of rotatable bonds is 9. The Kier molecular flexibility index (Phi) is 6.70. The third kappa shape index (κ3) is 3.92. The minimum absolute atomic E-state index is 0.613. The summed E-state index contributed by atoms with van der Waals surface area (Å²) >= 11 is 0. The number of aliphatic hydroxyl groups excluding tert-OH is 1. The molecule has 3 rings (SSSR count). The molecule has 0 aliphatic carbocycles. The first-order valence-electron chi connectivity index (χ1n) is 10.0. The third-order valence-corrected chi connectivity index (χ3v) is 5.44. The van der Waals surface area contributed by atoms with E-state index in [2.05, 4.69) is 6.92 Å². The van der Waals surface area contributed by atoms with Crippen LogP contribution in [-0.2, 0) is 0 Å². The molecule has 156 valence electrons. The van der Waals surface area contributed by atoms with Crippen molar-refractivity contribution in [3.63, 3.8) is 0 Å². The number of aliphatic hydroxyl groups is 1. The molecule has 0 aromatic heterocycles. The van der Waals surface area contributed by atoms with Crippen LogP contribution in [0.1, 0.15) is 44.3 Å². The van der Waals surface area contributed by atoms with Crippen molar-refractivity contribution in [2.75, 3.05) is 28.4 Å². The molecule has 0 amide bonds. The van der Waals surface area contributed by atoms with Gasteiger partial charge in [0.15, 0.2) is 0 Å². The van der Waals surface area contributed by atoms with E-state index in [4.69, 9.17) is 18.9 Å². The molecule has 5 nitrogen and oxygen atoms in total. The van der Waals surface area contributed by atoms with Crippen LogP contribution in [0.4, 0.5) is 0 Å². The van der Waals surface area contributed by atoms with E-state index >= 15 is 0 Å². The van der Waals surface area contributed by atoms with E-state index < -0.39 is 6.10 Å². The summed E-state index contributed by atoms with van der Waals surface area (Å²) in [6, 6.07) is 9.72. The van der Waals surface area contributed by atoms with Crippen molar-refractivity contribution in [3.8, 4) is 23.0 Å². The number of unbranched alkanes of at least 4 members (excludes halogenated alkanes) is 2. The van der Waals surface area contributed by atoms with Gasteiger partial charge in [0.25, 0.3) is 0 Å². The van der Waals surface area contributed by atoms with Gasteiger partial charge in [0.05, 0.1) is 34.5 Å². The van der Waals surface area contributed by atoms with Gasteiger partial charge in [0.1, 0.15) is 23.0 Å². The Morgan fingerprint density at radius 3 is 1.79 bits per heavy atom. The molecule has 1 unspecified atom stereocenters. The van der Waals surface area contributed by atoms with Crippen LogP contribution >= 0.6 is 0 Å². The second kappa shape index (κ2) is 9.23. The number of methoxy groups -OCH3 is 4. The van der Waals surface area contributed by atoms with Crippen molar-refractivity contribution in [1.29, 1.82) is 0 Å². The zero-order valence-corrected chi connectivity index (χ0v) is 17.9. The normalized spacial score (nSPS) is 12.2. The lowest BCUT2D eigenvalue weighted by molar-refractivity contribution is 0.159. The van der Waals surface area contributed by atoms with E-state index in [0.29, 0.717) is 17.9 Å². The molecule has 3 aromatic rings. The van der Waals surface area contributed by atoms with Crippen LogP contribution in [-0.4, -0.2) is 33.5 Å². The maximum atomic E-state index is 10.9. The van der Waals surface area contributed by atoms with E-state index in [-0.39, 0.29) is 0 Å². The summed E-state index contributed by atoms with van der Waals surface area (Å²) in [6.07, 6.45) is 3.23. The third-order valence-electron chi connectivity index (χ3n) is 5.44. The molecule has 0 aliphatic heterocycles. The van der Waals surface area contributed by atoms with Gasteiger partial charge in [-0.25, -0.2) is 0 Å². The van der Waals surface area contributed by atoms with Crippen LogP contribution in [0, 0.1) is 0 Å². The highest BCUT2D eigenvalue weighted by molar-refractivity contribution is 6.08. The summed E-state index contributed by atoms with van der Waals surface area (Å²) in [5, 5.41) is 14.5. The second-order valence-corrected chi connectivity index (χ2v) is 7.13. The lowest BCUT2D eigenvalue weighted by atomic mass is 9.95. The smallest absolute Gasteiger partial charge is 0.132 e. The first-order valence-corrected chi connectivity index (χ1v) is 10.0. The fraction of sp³-hybridized carbons (Fsp3) is 0.417. The zero-order valence-electron chi connectivity index (χ0n) is 17.9. The fourth-order valence-corrected chi connectivity index (χ4v) is 3.91. The Hall–Kier alpha value is -2.66. The summed E-state index contributed by atoms with van der Waals surface area (Å²) in [5.74, 6) is 2.86. The van der Waals surface area contributed by atoms with Crippen molar-refractivity contribution in [2.45, 2.75) is 38.7 Å². The minimum atomic E-state index is -0.613. The SMILES string of the molecule is CCCCCC(O)c1cc(OC)c2cc3c(OC)ccc(OC)c3cc2c1OC. The molecule has 0 bridgehead atoms. The van der Waals surface area contributed by atoms with Crippen LogP contribution in [0.2, 0.25) is 0 Å². The van der Waals surface area contributed by atoms with Crippen molar-refractivity contribution < 1.29 is 24.1 Å². The molecule has 0 radical (unpaired) electrons. The standard InChI is InChI=1S/C24H30O5/c1-6-7-8-9-20(25)19-14-23(28-4)17-12-15-16(13-18(17)24(19)29-5)22(27-3)11-10-21(15)26-2/h10-14,20,25H,6-9H2,1-5H3. The molecule has 0 saturated carbocycles. The monoisotopic (exact) mass is 398 g/mol. The van der Waals surface area contributed by atoms with Crippen LogP contribution in [0.15, 0.2) is 30.3 Å². The van der Waals surface area contributed by atoms with Gasteiger partial charge >= 0.3 is 0 Å². The summed E-state index contributed by atoms with van der Waals surface area (Å²) in [5.41, 5.74) is 0.745. The lowest BCUT2D eigenvalue weighted by Gasteiger charge is -2.20. The highest BCUT2D eigenvalue weighted by Crippen LogP contribution is 2.45. The number of ether oxygens (including phenoxy) is 4. The molecular formula is C24H30O5. The summed E-state index contributed by atoms with van der Waals surface area (Å²) < 4.78 is 22.6. The molecule has 1 N–H and O–H groups in total. The Morgan fingerprint density at radius 1 is 0.724 bits per heavy atom. The molecule has 29 heavy (non-hydrogen) atoms. The molecular weight excluding hydrogens is 368 g/mol. The van der Waals surface area contributed by atoms with Crippen LogP contribution < -0.4 is 18.9 Å². The highest BCUT2D eigenvalue weighted by atomic mass is 16.5. The largest absolute Gasteiger partial charge is 0.496 e. The summed E-state index contributed by atoms with van der Waals surface area (Å²) in [7, 11) is 6.58. The molecule has 3 aromatic carbocycles. The highest BCUT2D eigenvalue weighted by Gasteiger charge is 2.21. The molecule has 0 spiro atoms. The fourth-order valence-electron chi connectivity index (χ4n) is 3.91. The predicted molar refractivity (Wildman–Crippen MR) is 117 cm³/mol. The van der Waals surface area contributed by atoms with Crippen LogP contribution in [0.25, 0.3) is 21.5 Å². The molecule has 1 atom stereocenters. The van der Waals surface area contributed by atoms with Crippen molar-refractivity contribution in [3.05, 3.63) is 35.9 Å². The Morgan fingerprint density at radius 2 is 1.28 bits per heavy atom. The number of hydrogen-bond acceptors (Lipinski definition) is 5. The molecule has 0 saturated heterocycles. The maximum Gasteiger partial charge on any atom is 0.132 e. The summed E-state index contributed by atoms with van der Waals surface area (Å²) in [6.45, 7) is 2.15. The molecule has 0 fully saturated rings. The van der Waals surface area contributed by atoms with Crippen molar-refractivity contribution in [2.24, 2.45) is 0 Å². The first kappa shape index (κ1) is 21.1. The van der Waals surface area contributed by atoms with E-state index in [9.17, 15) is 5.11 Å². The van der Waals surface area contributed by atoms with Gasteiger partial charge in [0, 0.05) is 27.1 Å². The van der Waals surface area contributed by atoms with E-state index in [1.807, 2.05) is 30.3 Å². The van der Waals surface area contributed by atoms with E-state index in [1.54, 1.807) is 28.4 Å². The predicted octanol–water partition coefficient (Wildman–Crippen LogP) is 5.64. The average Bonchev–Trinajstić information content (AvgIpc) is 2.75. The topological polar surface area (TPSA) is 57.2 Å². The Bertz CT molecular complexity index is 996. The maximum absolute atomic E-state index is 10.9. The van der Waals surface area contributed by atoms with Gasteiger partial charge in [-0.3, -0.25) is 0 Å². The average molecular weight is 398 g/mol. The zero-order chi connectivity index (χ0) is 21.0. The van der Waals surface area contributed by atoms with Gasteiger partial charge in [-0.05, 0) is 36.8 Å². The van der Waals surface area contributed by atoms with Crippen LogP contribution in [0.3, 0.4) is 0 Å². The van der Waals surface area contributed by atoms with Gasteiger partial charge in [-0.15, -0.1) is 0 Å².